The molecule has 1 aliphatic carbocycles. The Bertz CT molecular complexity index is 190. The molecular formula is C13H26N2. The second-order valence-electron chi connectivity index (χ2n) is 6.06. The molecule has 0 radical (unpaired) electrons. The van der Waals surface area contributed by atoms with Gasteiger partial charge in [-0.2, -0.15) is 0 Å². The number of nitrogens with one attached hydrogen (secondary N) is 1. The molecule has 0 aromatic carbocycles. The summed E-state index contributed by atoms with van der Waals surface area (Å²) in [5, 5.41) is 3.56. The maximum absolute atomic E-state index is 3.56. The Morgan fingerprint density at radius 2 is 1.60 bits per heavy atom. The minimum absolute atomic E-state index is 0.812. The van der Waals surface area contributed by atoms with Crippen molar-refractivity contribution in [3.63, 3.8) is 0 Å². The number of hydrogen-bond acceptors (Lipinski definition) is 2. The molecule has 1 aliphatic heterocycles. The zero-order chi connectivity index (χ0) is 10.8. The summed E-state index contributed by atoms with van der Waals surface area (Å²) in [7, 11) is 0. The Morgan fingerprint density at radius 1 is 1.07 bits per heavy atom. The van der Waals surface area contributed by atoms with Gasteiger partial charge < -0.3 is 10.2 Å². The Morgan fingerprint density at radius 3 is 2.07 bits per heavy atom. The van der Waals surface area contributed by atoms with Crippen molar-refractivity contribution in [2.45, 2.75) is 27.2 Å². The van der Waals surface area contributed by atoms with E-state index in [4.69, 9.17) is 0 Å². The second kappa shape index (κ2) is 4.84. The molecule has 2 fully saturated rings. The average Bonchev–Trinajstić information content (AvgIpc) is 2.78. The molecule has 0 amide bonds. The molecule has 2 aliphatic rings. The first-order valence-electron chi connectivity index (χ1n) is 6.58. The highest BCUT2D eigenvalue weighted by atomic mass is 15.1. The first-order valence-corrected chi connectivity index (χ1v) is 6.58. The molecule has 2 rings (SSSR count). The number of nitrogens with zero attached hydrogens (tertiary/aromatic N) is 1. The fourth-order valence-electron chi connectivity index (χ4n) is 2.80. The van der Waals surface area contributed by atoms with E-state index in [1.54, 1.807) is 0 Å². The summed E-state index contributed by atoms with van der Waals surface area (Å²) in [6, 6.07) is 0. The van der Waals surface area contributed by atoms with Crippen molar-refractivity contribution in [2.24, 2.45) is 23.7 Å². The van der Waals surface area contributed by atoms with Gasteiger partial charge in [0.25, 0.3) is 0 Å². The Labute approximate surface area is 94.4 Å². The second-order valence-corrected chi connectivity index (χ2v) is 6.06. The smallest absolute Gasteiger partial charge is 0.00194 e. The van der Waals surface area contributed by atoms with Crippen LogP contribution in [0.25, 0.3) is 0 Å². The van der Waals surface area contributed by atoms with Crippen LogP contribution in [0.1, 0.15) is 27.2 Å². The van der Waals surface area contributed by atoms with Crippen LogP contribution in [0, 0.1) is 23.7 Å². The maximum atomic E-state index is 3.56. The Kier molecular flexibility index (Phi) is 3.68. The third kappa shape index (κ3) is 3.46. The summed E-state index contributed by atoms with van der Waals surface area (Å²) in [4.78, 5) is 2.71. The highest BCUT2D eigenvalue weighted by molar-refractivity contribution is 4.86. The van der Waals surface area contributed by atoms with E-state index in [9.17, 15) is 0 Å². The van der Waals surface area contributed by atoms with E-state index < -0.39 is 0 Å². The van der Waals surface area contributed by atoms with Crippen LogP contribution in [0.3, 0.4) is 0 Å². The van der Waals surface area contributed by atoms with Crippen LogP contribution in [0.5, 0.6) is 0 Å². The monoisotopic (exact) mass is 210 g/mol. The van der Waals surface area contributed by atoms with Gasteiger partial charge in [-0.05, 0) is 43.2 Å². The molecule has 0 spiro atoms. The van der Waals surface area contributed by atoms with E-state index in [1.165, 1.54) is 39.1 Å². The van der Waals surface area contributed by atoms with Crippen LogP contribution in [0.2, 0.25) is 0 Å². The number of rotatable bonds is 2. The first-order chi connectivity index (χ1) is 7.15. The topological polar surface area (TPSA) is 15.3 Å². The van der Waals surface area contributed by atoms with Crippen LogP contribution in [-0.4, -0.2) is 37.6 Å². The lowest BCUT2D eigenvalue weighted by molar-refractivity contribution is 0.177. The summed E-state index contributed by atoms with van der Waals surface area (Å²) < 4.78 is 0. The predicted octanol–water partition coefficient (Wildman–Crippen LogP) is 1.82. The zero-order valence-corrected chi connectivity index (χ0v) is 10.5. The molecule has 88 valence electrons. The van der Waals surface area contributed by atoms with Crippen molar-refractivity contribution in [1.82, 2.24) is 10.2 Å². The lowest BCUT2D eigenvalue weighted by Gasteiger charge is -2.31. The quantitative estimate of drug-likeness (QED) is 0.748. The van der Waals surface area contributed by atoms with Crippen molar-refractivity contribution >= 4 is 0 Å². The predicted molar refractivity (Wildman–Crippen MR) is 64.9 cm³/mol. The molecule has 1 heterocycles. The molecule has 15 heavy (non-hydrogen) atoms. The molecular weight excluding hydrogens is 184 g/mol. The normalized spacial score (nSPS) is 43.4. The van der Waals surface area contributed by atoms with Crippen LogP contribution in [0.4, 0.5) is 0 Å². The lowest BCUT2D eigenvalue weighted by Crippen LogP contribution is -2.43. The maximum Gasteiger partial charge on any atom is 0.00194 e. The lowest BCUT2D eigenvalue weighted by atomic mass is 10.1. The van der Waals surface area contributed by atoms with Gasteiger partial charge in [0.1, 0.15) is 0 Å². The van der Waals surface area contributed by atoms with E-state index in [0.29, 0.717) is 0 Å². The van der Waals surface area contributed by atoms with Crippen LogP contribution in [-0.2, 0) is 0 Å². The van der Waals surface area contributed by atoms with Gasteiger partial charge in [-0.3, -0.25) is 0 Å². The van der Waals surface area contributed by atoms with E-state index in [1.807, 2.05) is 0 Å². The van der Waals surface area contributed by atoms with Gasteiger partial charge >= 0.3 is 0 Å². The van der Waals surface area contributed by atoms with Crippen molar-refractivity contribution in [1.29, 1.82) is 0 Å². The summed E-state index contributed by atoms with van der Waals surface area (Å²) in [6.07, 6.45) is 1.47. The molecule has 4 unspecified atom stereocenters. The van der Waals surface area contributed by atoms with Gasteiger partial charge in [-0.25, -0.2) is 0 Å². The molecule has 4 atom stereocenters. The van der Waals surface area contributed by atoms with Crippen molar-refractivity contribution in [3.05, 3.63) is 0 Å². The highest BCUT2D eigenvalue weighted by Crippen LogP contribution is 2.38. The van der Waals surface area contributed by atoms with Gasteiger partial charge in [0.2, 0.25) is 0 Å². The minimum Gasteiger partial charge on any atom is -0.316 e. The van der Waals surface area contributed by atoms with Gasteiger partial charge in [0.15, 0.2) is 0 Å². The summed E-state index contributed by atoms with van der Waals surface area (Å²) in [5.41, 5.74) is 0. The zero-order valence-electron chi connectivity index (χ0n) is 10.5. The van der Waals surface area contributed by atoms with Crippen LogP contribution >= 0.6 is 0 Å². The van der Waals surface area contributed by atoms with Crippen LogP contribution in [0.15, 0.2) is 0 Å². The first kappa shape index (κ1) is 11.4. The van der Waals surface area contributed by atoms with E-state index >= 15 is 0 Å². The third-order valence-corrected chi connectivity index (χ3v) is 3.89. The van der Waals surface area contributed by atoms with E-state index in [-0.39, 0.29) is 0 Å². The molecule has 1 saturated carbocycles. The fraction of sp³-hybridized carbons (Fsp3) is 1.00. The molecule has 1 N–H and O–H groups in total. The van der Waals surface area contributed by atoms with Crippen molar-refractivity contribution in [3.8, 4) is 0 Å². The Balaban J connectivity index is 1.82. The van der Waals surface area contributed by atoms with Gasteiger partial charge in [0.05, 0.1) is 0 Å². The SMILES string of the molecule is CC1CNCC(C)CN(CC2CC2C)C1. The summed E-state index contributed by atoms with van der Waals surface area (Å²) >= 11 is 0. The van der Waals surface area contributed by atoms with Gasteiger partial charge in [-0.15, -0.1) is 0 Å². The third-order valence-electron chi connectivity index (χ3n) is 3.89. The standard InChI is InChI=1S/C13H26N2/c1-10-5-14-6-11(2)8-15(7-10)9-13-4-12(13)3/h10-14H,4-9H2,1-3H3. The fourth-order valence-corrected chi connectivity index (χ4v) is 2.80. The minimum atomic E-state index is 0.812. The van der Waals surface area contributed by atoms with E-state index in [0.717, 1.165) is 23.7 Å². The van der Waals surface area contributed by atoms with Crippen LogP contribution < -0.4 is 5.32 Å². The summed E-state index contributed by atoms with van der Waals surface area (Å²) in [5.74, 6) is 3.63. The summed E-state index contributed by atoms with van der Waals surface area (Å²) in [6.45, 7) is 13.5. The van der Waals surface area contributed by atoms with Crippen molar-refractivity contribution < 1.29 is 0 Å². The molecule has 0 aromatic heterocycles. The van der Waals surface area contributed by atoms with E-state index in [2.05, 4.69) is 31.0 Å². The highest BCUT2D eigenvalue weighted by Gasteiger charge is 2.34. The van der Waals surface area contributed by atoms with Gasteiger partial charge in [-0.1, -0.05) is 20.8 Å². The molecule has 2 nitrogen and oxygen atoms in total. The molecule has 1 saturated heterocycles. The Hall–Kier alpha value is -0.0800. The average molecular weight is 210 g/mol. The largest absolute Gasteiger partial charge is 0.316 e. The molecule has 2 heteroatoms. The molecule has 0 aromatic rings. The van der Waals surface area contributed by atoms with Crippen molar-refractivity contribution in [2.75, 3.05) is 32.7 Å². The molecule has 0 bridgehead atoms. The van der Waals surface area contributed by atoms with Gasteiger partial charge in [0, 0.05) is 19.6 Å². The number of hydrogen-bond donors (Lipinski definition) is 1.